The maximum absolute atomic E-state index is 16.8. The van der Waals surface area contributed by atoms with Crippen LogP contribution in [0, 0.1) is 17.8 Å². The summed E-state index contributed by atoms with van der Waals surface area (Å²) in [5.74, 6) is 3.74. The van der Waals surface area contributed by atoms with E-state index in [9.17, 15) is 10.2 Å². The standard InChI is InChI=1S/C61H54N4O9/c1-39(42-15-7-3-8-16-42)63-60(71)64-50-34-27-41(24-23-40-25-30-47(72-2)31-26-40)37-49(50)61(59(64)70)52(57(68)62-38-51(67)43-17-9-4-10-18-43)54-58(69)74-55(45-21-13-6-14-22-45)53(44-19-11-5-12-20-44)65(54)56(61)46-28-32-48(33-29-46)73-36-35-66/h3-22,25-34,37,39,51-56,66-67H,35-36,38H2,1-2H3,(H,62,68)(H,63,71)/t39-,51+,52-,53-,54-,55+,56+,61-/m1/s1. The Balaban J connectivity index is 1.24. The Hall–Kier alpha value is -8.54. The van der Waals surface area contributed by atoms with Crippen molar-refractivity contribution in [3.05, 3.63) is 233 Å². The number of aliphatic hydroxyl groups excluding tert-OH is 2. The highest BCUT2D eigenvalue weighted by Gasteiger charge is 2.75. The van der Waals surface area contributed by atoms with E-state index in [4.69, 9.17) is 14.2 Å². The van der Waals surface area contributed by atoms with Crippen LogP contribution >= 0.6 is 0 Å². The number of urea groups is 1. The first-order valence-corrected chi connectivity index (χ1v) is 24.5. The number of amides is 4. The molecule has 1 spiro atoms. The average Bonchev–Trinajstić information content (AvgIpc) is 4.09. The van der Waals surface area contributed by atoms with Gasteiger partial charge < -0.3 is 35.1 Å². The summed E-state index contributed by atoms with van der Waals surface area (Å²) in [4.78, 5) is 66.5. The van der Waals surface area contributed by atoms with E-state index in [1.807, 2.05) is 121 Å². The van der Waals surface area contributed by atoms with Gasteiger partial charge in [0, 0.05) is 17.7 Å². The van der Waals surface area contributed by atoms with Crippen LogP contribution in [0.25, 0.3) is 0 Å². The highest BCUT2D eigenvalue weighted by Crippen LogP contribution is 2.66. The topological polar surface area (TPSA) is 167 Å². The number of carbonyl (C=O) groups is 4. The van der Waals surface area contributed by atoms with Crippen molar-refractivity contribution in [2.24, 2.45) is 5.92 Å². The van der Waals surface area contributed by atoms with E-state index in [1.54, 1.807) is 86.0 Å². The third-order valence-corrected chi connectivity index (χ3v) is 14.2. The number of hydrogen-bond acceptors (Lipinski definition) is 10. The molecule has 7 aromatic carbocycles. The van der Waals surface area contributed by atoms with Crippen LogP contribution in [-0.2, 0) is 24.5 Å². The lowest BCUT2D eigenvalue weighted by molar-refractivity contribution is -0.178. The number of esters is 1. The molecule has 0 radical (unpaired) electrons. The first-order valence-electron chi connectivity index (χ1n) is 24.5. The minimum Gasteiger partial charge on any atom is -0.497 e. The van der Waals surface area contributed by atoms with E-state index < -0.39 is 71.5 Å². The van der Waals surface area contributed by atoms with Crippen molar-refractivity contribution in [2.45, 2.75) is 48.7 Å². The SMILES string of the molecule is COc1ccc(C#Cc2ccc3c(c2)[C@]2(C(=O)N3C(=O)N[C@H](C)c3ccccc3)[C@H](c3ccc(OCCO)cc3)N3[C@H](c4ccccc4)[C@H](c4ccccc4)OC(=O)[C@H]3[C@@H]2C(=O)NC[C@H](O)c2ccccc2)cc1. The number of nitrogens with zero attached hydrogens (tertiary/aromatic N) is 2. The Bertz CT molecular complexity index is 3200. The predicted octanol–water partition coefficient (Wildman–Crippen LogP) is 8.45. The summed E-state index contributed by atoms with van der Waals surface area (Å²) in [6.07, 6.45) is -2.11. The number of fused-ring (bicyclic) bond motifs is 3. The molecule has 3 heterocycles. The number of hydrogen-bond donors (Lipinski definition) is 4. The van der Waals surface area contributed by atoms with Gasteiger partial charge in [-0.15, -0.1) is 0 Å². The molecule has 0 saturated carbocycles. The van der Waals surface area contributed by atoms with Gasteiger partial charge in [0.2, 0.25) is 11.8 Å². The van der Waals surface area contributed by atoms with Crippen LogP contribution in [0.2, 0.25) is 0 Å². The van der Waals surface area contributed by atoms with E-state index in [0.29, 0.717) is 39.3 Å². The summed E-state index contributed by atoms with van der Waals surface area (Å²) in [7, 11) is 1.58. The summed E-state index contributed by atoms with van der Waals surface area (Å²) in [5.41, 5.74) is 2.81. The summed E-state index contributed by atoms with van der Waals surface area (Å²) in [5, 5.41) is 27.2. The van der Waals surface area contributed by atoms with Gasteiger partial charge >= 0.3 is 12.0 Å². The van der Waals surface area contributed by atoms with E-state index >= 15 is 19.2 Å². The van der Waals surface area contributed by atoms with Crippen LogP contribution in [0.4, 0.5) is 10.5 Å². The molecule has 13 heteroatoms. The zero-order chi connectivity index (χ0) is 51.3. The molecule has 372 valence electrons. The largest absolute Gasteiger partial charge is 0.497 e. The van der Waals surface area contributed by atoms with Crippen LogP contribution < -0.4 is 25.0 Å². The van der Waals surface area contributed by atoms with Gasteiger partial charge in [0.1, 0.15) is 35.7 Å². The van der Waals surface area contributed by atoms with Crippen molar-refractivity contribution >= 4 is 29.5 Å². The number of imide groups is 1. The number of nitrogens with one attached hydrogen (secondary N) is 2. The van der Waals surface area contributed by atoms with Crippen molar-refractivity contribution in [1.29, 1.82) is 0 Å². The molecule has 4 N–H and O–H groups in total. The lowest BCUT2D eigenvalue weighted by Crippen LogP contribution is -2.56. The molecule has 4 amide bonds. The van der Waals surface area contributed by atoms with Gasteiger partial charge in [-0.1, -0.05) is 145 Å². The predicted molar refractivity (Wildman–Crippen MR) is 278 cm³/mol. The summed E-state index contributed by atoms with van der Waals surface area (Å²) in [6, 6.07) is 51.7. The van der Waals surface area contributed by atoms with E-state index in [1.165, 1.54) is 0 Å². The molecule has 2 saturated heterocycles. The Labute approximate surface area is 429 Å². The fourth-order valence-corrected chi connectivity index (χ4v) is 10.9. The van der Waals surface area contributed by atoms with Gasteiger partial charge in [-0.25, -0.2) is 9.69 Å². The Kier molecular flexibility index (Phi) is 14.1. The van der Waals surface area contributed by atoms with Crippen LogP contribution in [0.5, 0.6) is 11.5 Å². The second-order valence-electron chi connectivity index (χ2n) is 18.5. The Morgan fingerprint density at radius 3 is 1.92 bits per heavy atom. The molecule has 10 rings (SSSR count). The molecule has 8 atom stereocenters. The first kappa shape index (κ1) is 49.1. The lowest BCUT2D eigenvalue weighted by atomic mass is 9.65. The molecular weight excluding hydrogens is 933 g/mol. The smallest absolute Gasteiger partial charge is 0.329 e. The van der Waals surface area contributed by atoms with Crippen LogP contribution in [0.15, 0.2) is 188 Å². The number of carbonyl (C=O) groups excluding carboxylic acids is 4. The lowest BCUT2D eigenvalue weighted by Gasteiger charge is -2.46. The number of ether oxygens (including phenoxy) is 3. The maximum Gasteiger partial charge on any atom is 0.329 e. The summed E-state index contributed by atoms with van der Waals surface area (Å²) >= 11 is 0. The fraction of sp³-hybridized carbons (Fsp3) is 0.213. The second-order valence-corrected chi connectivity index (χ2v) is 18.5. The van der Waals surface area contributed by atoms with Crippen molar-refractivity contribution in [2.75, 3.05) is 31.8 Å². The number of cyclic esters (lactones) is 1. The van der Waals surface area contributed by atoms with Gasteiger partial charge in [-0.3, -0.25) is 19.3 Å². The van der Waals surface area contributed by atoms with Crippen molar-refractivity contribution in [1.82, 2.24) is 15.5 Å². The quantitative estimate of drug-likeness (QED) is 0.0651. The highest BCUT2D eigenvalue weighted by atomic mass is 16.6. The molecule has 0 unspecified atom stereocenters. The normalized spacial score (nSPS) is 21.6. The molecule has 13 nitrogen and oxygen atoms in total. The van der Waals surface area contributed by atoms with Gasteiger partial charge in [0.15, 0.2) is 0 Å². The van der Waals surface area contributed by atoms with E-state index in [0.717, 1.165) is 16.0 Å². The number of aliphatic hydroxyl groups is 2. The zero-order valence-electron chi connectivity index (χ0n) is 40.7. The molecule has 0 aromatic heterocycles. The Morgan fingerprint density at radius 1 is 0.703 bits per heavy atom. The van der Waals surface area contributed by atoms with Crippen LogP contribution in [0.3, 0.4) is 0 Å². The van der Waals surface area contributed by atoms with E-state index in [-0.39, 0.29) is 31.0 Å². The molecule has 0 aliphatic carbocycles. The average molecular weight is 987 g/mol. The van der Waals surface area contributed by atoms with E-state index in [2.05, 4.69) is 22.5 Å². The number of benzene rings is 7. The highest BCUT2D eigenvalue weighted by molar-refractivity contribution is 6.24. The molecule has 0 bridgehead atoms. The number of methoxy groups -OCH3 is 1. The van der Waals surface area contributed by atoms with Crippen LogP contribution in [-0.4, -0.2) is 71.8 Å². The monoisotopic (exact) mass is 986 g/mol. The fourth-order valence-electron chi connectivity index (χ4n) is 10.9. The van der Waals surface area contributed by atoms with Gasteiger partial charge in [0.05, 0.1) is 49.6 Å². The summed E-state index contributed by atoms with van der Waals surface area (Å²) in [6.45, 7) is 1.34. The first-order chi connectivity index (χ1) is 36.1. The third-order valence-electron chi connectivity index (χ3n) is 14.2. The number of rotatable bonds is 13. The molecule has 3 aliphatic heterocycles. The minimum absolute atomic E-state index is 0.0241. The maximum atomic E-state index is 16.8. The molecular formula is C61H54N4O9. The number of anilines is 1. The molecule has 7 aromatic rings. The zero-order valence-corrected chi connectivity index (χ0v) is 40.7. The Morgan fingerprint density at radius 2 is 1.28 bits per heavy atom. The third kappa shape index (κ3) is 9.15. The number of morpholine rings is 1. The van der Waals surface area contributed by atoms with Gasteiger partial charge in [-0.05, 0) is 94.9 Å². The second kappa shape index (κ2) is 21.3. The molecule has 2 fully saturated rings. The minimum atomic E-state index is -2.09. The van der Waals surface area contributed by atoms with Gasteiger partial charge in [-0.2, -0.15) is 0 Å². The van der Waals surface area contributed by atoms with Crippen molar-refractivity contribution in [3.8, 4) is 23.3 Å². The van der Waals surface area contributed by atoms with Crippen molar-refractivity contribution in [3.63, 3.8) is 0 Å². The summed E-state index contributed by atoms with van der Waals surface area (Å²) < 4.78 is 17.8. The van der Waals surface area contributed by atoms with Gasteiger partial charge in [0.25, 0.3) is 0 Å². The molecule has 74 heavy (non-hydrogen) atoms. The molecule has 3 aliphatic rings. The van der Waals surface area contributed by atoms with Crippen LogP contribution in [0.1, 0.15) is 81.8 Å². The van der Waals surface area contributed by atoms with Crippen molar-refractivity contribution < 1.29 is 43.6 Å².